The first kappa shape index (κ1) is 12.1. The molecular weight excluding hydrogens is 258 g/mol. The molecule has 0 aliphatic carbocycles. The lowest BCUT2D eigenvalue weighted by Crippen LogP contribution is -1.99. The van der Waals surface area contributed by atoms with Crippen molar-refractivity contribution in [2.24, 2.45) is 7.05 Å². The Morgan fingerprint density at radius 1 is 1.16 bits per heavy atom. The zero-order valence-corrected chi connectivity index (χ0v) is 11.4. The molecule has 3 aromatic rings. The number of nitrogens with two attached hydrogens (primary N) is 1. The predicted molar refractivity (Wildman–Crippen MR) is 79.4 cm³/mol. The Kier molecular flexibility index (Phi) is 2.91. The second kappa shape index (κ2) is 4.59. The standard InChI is InChI=1S/C15H14ClN3/c1-19-14(9-10-5-7-11(17)8-6-10)18-13-4-2-3-12(16)15(13)19/h2-8H,9,17H2,1H3. The highest BCUT2D eigenvalue weighted by molar-refractivity contribution is 6.35. The molecule has 4 heteroatoms. The number of benzene rings is 2. The lowest BCUT2D eigenvalue weighted by Gasteiger charge is -2.04. The van der Waals surface area contributed by atoms with Crippen LogP contribution in [-0.4, -0.2) is 9.55 Å². The summed E-state index contributed by atoms with van der Waals surface area (Å²) in [7, 11) is 1.99. The first-order chi connectivity index (χ1) is 9.15. The molecule has 0 unspecified atom stereocenters. The highest BCUT2D eigenvalue weighted by Gasteiger charge is 2.10. The van der Waals surface area contributed by atoms with Crippen molar-refractivity contribution in [1.82, 2.24) is 9.55 Å². The van der Waals surface area contributed by atoms with E-state index in [-0.39, 0.29) is 0 Å². The summed E-state index contributed by atoms with van der Waals surface area (Å²) in [6, 6.07) is 13.7. The molecule has 0 aliphatic rings. The Hall–Kier alpha value is -2.00. The van der Waals surface area contributed by atoms with E-state index in [4.69, 9.17) is 17.3 Å². The molecule has 2 N–H and O–H groups in total. The zero-order chi connectivity index (χ0) is 13.4. The molecule has 0 amide bonds. The molecule has 3 nitrogen and oxygen atoms in total. The van der Waals surface area contributed by atoms with Gasteiger partial charge in [0.1, 0.15) is 5.82 Å². The number of imidazole rings is 1. The van der Waals surface area contributed by atoms with Gasteiger partial charge in [-0.25, -0.2) is 4.98 Å². The van der Waals surface area contributed by atoms with Gasteiger partial charge in [0.2, 0.25) is 0 Å². The van der Waals surface area contributed by atoms with Crippen molar-refractivity contribution < 1.29 is 0 Å². The number of aromatic nitrogens is 2. The zero-order valence-electron chi connectivity index (χ0n) is 10.6. The SMILES string of the molecule is Cn1c(Cc2ccc(N)cc2)nc2cccc(Cl)c21. The quantitative estimate of drug-likeness (QED) is 0.726. The summed E-state index contributed by atoms with van der Waals surface area (Å²) >= 11 is 6.22. The van der Waals surface area contributed by atoms with E-state index in [1.807, 2.05) is 54.1 Å². The molecule has 0 saturated heterocycles. The molecule has 1 heterocycles. The van der Waals surface area contributed by atoms with Crippen LogP contribution in [0, 0.1) is 0 Å². The Bertz CT molecular complexity index is 729. The second-order valence-electron chi connectivity index (χ2n) is 4.61. The fourth-order valence-corrected chi connectivity index (χ4v) is 2.54. The topological polar surface area (TPSA) is 43.8 Å². The molecular formula is C15H14ClN3. The van der Waals surface area contributed by atoms with Crippen LogP contribution in [0.3, 0.4) is 0 Å². The van der Waals surface area contributed by atoms with Gasteiger partial charge in [0.05, 0.1) is 16.1 Å². The van der Waals surface area contributed by atoms with E-state index in [1.54, 1.807) is 0 Å². The molecule has 0 fully saturated rings. The van der Waals surface area contributed by atoms with Crippen molar-refractivity contribution >= 4 is 28.3 Å². The van der Waals surface area contributed by atoms with Crippen LogP contribution >= 0.6 is 11.6 Å². The van der Waals surface area contributed by atoms with Gasteiger partial charge >= 0.3 is 0 Å². The molecule has 0 radical (unpaired) electrons. The largest absolute Gasteiger partial charge is 0.399 e. The number of nitrogens with zero attached hydrogens (tertiary/aromatic N) is 2. The highest BCUT2D eigenvalue weighted by Crippen LogP contribution is 2.24. The van der Waals surface area contributed by atoms with Crippen LogP contribution in [0.25, 0.3) is 11.0 Å². The molecule has 0 spiro atoms. The van der Waals surface area contributed by atoms with Gasteiger partial charge in [0, 0.05) is 19.2 Å². The van der Waals surface area contributed by atoms with Gasteiger partial charge in [-0.05, 0) is 29.8 Å². The van der Waals surface area contributed by atoms with Crippen LogP contribution in [0.5, 0.6) is 0 Å². The van der Waals surface area contributed by atoms with Crippen LogP contribution in [-0.2, 0) is 13.5 Å². The first-order valence-corrected chi connectivity index (χ1v) is 6.47. The van der Waals surface area contributed by atoms with E-state index >= 15 is 0 Å². The van der Waals surface area contributed by atoms with Gasteiger partial charge in [-0.3, -0.25) is 0 Å². The number of aryl methyl sites for hydroxylation is 1. The Balaban J connectivity index is 2.04. The van der Waals surface area contributed by atoms with E-state index in [1.165, 1.54) is 5.56 Å². The molecule has 19 heavy (non-hydrogen) atoms. The lowest BCUT2D eigenvalue weighted by atomic mass is 10.1. The molecule has 96 valence electrons. The van der Waals surface area contributed by atoms with Gasteiger partial charge in [-0.15, -0.1) is 0 Å². The molecule has 0 atom stereocenters. The summed E-state index contributed by atoms with van der Waals surface area (Å²) in [4.78, 5) is 4.64. The van der Waals surface area contributed by atoms with E-state index in [9.17, 15) is 0 Å². The maximum atomic E-state index is 6.22. The van der Waals surface area contributed by atoms with Gasteiger partial charge in [0.15, 0.2) is 0 Å². The fourth-order valence-electron chi connectivity index (χ4n) is 2.25. The predicted octanol–water partition coefficient (Wildman–Crippen LogP) is 3.40. The van der Waals surface area contributed by atoms with Crippen LogP contribution in [0.2, 0.25) is 5.02 Å². The minimum absolute atomic E-state index is 0.732. The number of hydrogen-bond donors (Lipinski definition) is 1. The van der Waals surface area contributed by atoms with Crippen molar-refractivity contribution in [3.8, 4) is 0 Å². The van der Waals surface area contributed by atoms with Crippen LogP contribution in [0.4, 0.5) is 5.69 Å². The molecule has 3 rings (SSSR count). The average Bonchev–Trinajstić information content (AvgIpc) is 2.71. The summed E-state index contributed by atoms with van der Waals surface area (Å²) in [6.45, 7) is 0. The Morgan fingerprint density at radius 2 is 1.89 bits per heavy atom. The average molecular weight is 272 g/mol. The third-order valence-electron chi connectivity index (χ3n) is 3.28. The summed E-state index contributed by atoms with van der Waals surface area (Å²) in [5.41, 5.74) is 9.56. The first-order valence-electron chi connectivity index (χ1n) is 6.09. The van der Waals surface area contributed by atoms with Gasteiger partial charge in [-0.2, -0.15) is 0 Å². The fraction of sp³-hybridized carbons (Fsp3) is 0.133. The monoisotopic (exact) mass is 271 g/mol. The minimum Gasteiger partial charge on any atom is -0.399 e. The van der Waals surface area contributed by atoms with Crippen molar-refractivity contribution in [2.75, 3.05) is 5.73 Å². The van der Waals surface area contributed by atoms with Gasteiger partial charge < -0.3 is 10.3 Å². The highest BCUT2D eigenvalue weighted by atomic mass is 35.5. The Labute approximate surface area is 116 Å². The lowest BCUT2D eigenvalue weighted by molar-refractivity contribution is 0.845. The normalized spacial score (nSPS) is 11.1. The second-order valence-corrected chi connectivity index (χ2v) is 5.02. The number of halogens is 1. The van der Waals surface area contributed by atoms with Crippen molar-refractivity contribution in [3.63, 3.8) is 0 Å². The summed E-state index contributed by atoms with van der Waals surface area (Å²) in [6.07, 6.45) is 0.766. The molecule has 1 aromatic heterocycles. The van der Waals surface area contributed by atoms with Crippen LogP contribution in [0.1, 0.15) is 11.4 Å². The van der Waals surface area contributed by atoms with Gasteiger partial charge in [-0.1, -0.05) is 29.8 Å². The molecule has 2 aromatic carbocycles. The van der Waals surface area contributed by atoms with Gasteiger partial charge in [0.25, 0.3) is 0 Å². The van der Waals surface area contributed by atoms with Crippen LogP contribution in [0.15, 0.2) is 42.5 Å². The number of nitrogen functional groups attached to an aromatic ring is 1. The van der Waals surface area contributed by atoms with Crippen molar-refractivity contribution in [2.45, 2.75) is 6.42 Å². The van der Waals surface area contributed by atoms with E-state index < -0.39 is 0 Å². The molecule has 0 aliphatic heterocycles. The number of anilines is 1. The maximum Gasteiger partial charge on any atom is 0.114 e. The van der Waals surface area contributed by atoms with Crippen molar-refractivity contribution in [3.05, 3.63) is 58.9 Å². The van der Waals surface area contributed by atoms with Crippen LogP contribution < -0.4 is 5.73 Å². The summed E-state index contributed by atoms with van der Waals surface area (Å²) in [5.74, 6) is 0.993. The third-order valence-corrected chi connectivity index (χ3v) is 3.58. The number of para-hydroxylation sites is 1. The maximum absolute atomic E-state index is 6.22. The third kappa shape index (κ3) is 2.17. The number of rotatable bonds is 2. The molecule has 0 saturated carbocycles. The van der Waals surface area contributed by atoms with E-state index in [0.29, 0.717) is 0 Å². The van der Waals surface area contributed by atoms with E-state index in [0.717, 1.165) is 34.0 Å². The number of hydrogen-bond acceptors (Lipinski definition) is 2. The summed E-state index contributed by atoms with van der Waals surface area (Å²) in [5, 5.41) is 0.732. The van der Waals surface area contributed by atoms with E-state index in [2.05, 4.69) is 4.98 Å². The minimum atomic E-state index is 0.732. The smallest absolute Gasteiger partial charge is 0.114 e. The number of fused-ring (bicyclic) bond motifs is 1. The van der Waals surface area contributed by atoms with Crippen molar-refractivity contribution in [1.29, 1.82) is 0 Å². The Morgan fingerprint density at radius 3 is 2.58 bits per heavy atom. The summed E-state index contributed by atoms with van der Waals surface area (Å²) < 4.78 is 2.05. The molecule has 0 bridgehead atoms.